The third-order valence-corrected chi connectivity index (χ3v) is 3.44. The van der Waals surface area contributed by atoms with Crippen LogP contribution in [-0.4, -0.2) is 48.1 Å². The number of likely N-dealkylation sites (tertiary alicyclic amines) is 1. The Morgan fingerprint density at radius 2 is 2.00 bits per heavy atom. The lowest BCUT2D eigenvalue weighted by Gasteiger charge is -2.35. The fourth-order valence-corrected chi connectivity index (χ4v) is 2.32. The Kier molecular flexibility index (Phi) is 3.47. The number of nitrogens with zero attached hydrogens (tertiary/aromatic N) is 4. The van der Waals surface area contributed by atoms with E-state index in [2.05, 4.69) is 33.9 Å². The number of aryl methyl sites for hydroxylation is 1. The summed E-state index contributed by atoms with van der Waals surface area (Å²) in [6.07, 6.45) is 2.35. The predicted molar refractivity (Wildman–Crippen MR) is 70.1 cm³/mol. The highest BCUT2D eigenvalue weighted by Gasteiger charge is 2.21. The molecule has 17 heavy (non-hydrogen) atoms. The normalized spacial score (nSPS) is 18.3. The maximum Gasteiger partial charge on any atom is 0.134 e. The topological polar surface area (TPSA) is 58.3 Å². The number of hydrogen-bond donors (Lipinski definition) is 1. The van der Waals surface area contributed by atoms with Crippen LogP contribution in [0.1, 0.15) is 18.7 Å². The lowest BCUT2D eigenvalue weighted by molar-refractivity contribution is 0.252. The molecule has 1 fully saturated rings. The van der Waals surface area contributed by atoms with Crippen molar-refractivity contribution in [1.29, 1.82) is 0 Å². The van der Waals surface area contributed by atoms with Crippen LogP contribution in [0.25, 0.3) is 0 Å². The molecule has 5 heteroatoms. The van der Waals surface area contributed by atoms with Crippen LogP contribution in [0.5, 0.6) is 0 Å². The van der Waals surface area contributed by atoms with E-state index in [-0.39, 0.29) is 0 Å². The summed E-state index contributed by atoms with van der Waals surface area (Å²) in [5, 5.41) is 0. The predicted octanol–water partition coefficient (Wildman–Crippen LogP) is 0.898. The van der Waals surface area contributed by atoms with E-state index in [1.807, 2.05) is 13.0 Å². The first-order chi connectivity index (χ1) is 8.06. The van der Waals surface area contributed by atoms with E-state index >= 15 is 0 Å². The van der Waals surface area contributed by atoms with Crippen LogP contribution in [0.15, 0.2) is 6.07 Å². The molecule has 0 saturated carbocycles. The molecule has 0 aromatic carbocycles. The van der Waals surface area contributed by atoms with E-state index in [4.69, 9.17) is 5.73 Å². The standard InChI is InChI=1S/C12H21N5/c1-9-14-11(13)8-12(15-9)17(3)10-4-6-16(2)7-5-10/h8,10H,4-7H2,1-3H3,(H2,13,14,15). The summed E-state index contributed by atoms with van der Waals surface area (Å²) in [6.45, 7) is 4.17. The Labute approximate surface area is 103 Å². The Morgan fingerprint density at radius 3 is 2.59 bits per heavy atom. The molecule has 94 valence electrons. The lowest BCUT2D eigenvalue weighted by Crippen LogP contribution is -2.42. The van der Waals surface area contributed by atoms with E-state index in [0.29, 0.717) is 11.9 Å². The molecule has 1 aliphatic heterocycles. The number of hydrogen-bond acceptors (Lipinski definition) is 5. The molecule has 0 atom stereocenters. The van der Waals surface area contributed by atoms with Crippen LogP contribution in [-0.2, 0) is 0 Å². The van der Waals surface area contributed by atoms with E-state index in [0.717, 1.165) is 24.7 Å². The summed E-state index contributed by atoms with van der Waals surface area (Å²) in [4.78, 5) is 13.2. The van der Waals surface area contributed by atoms with Crippen molar-refractivity contribution < 1.29 is 0 Å². The van der Waals surface area contributed by atoms with Gasteiger partial charge < -0.3 is 15.5 Å². The van der Waals surface area contributed by atoms with Crippen molar-refractivity contribution in [3.63, 3.8) is 0 Å². The first-order valence-corrected chi connectivity index (χ1v) is 6.09. The highest BCUT2D eigenvalue weighted by Crippen LogP contribution is 2.21. The molecule has 0 unspecified atom stereocenters. The average molecular weight is 235 g/mol. The van der Waals surface area contributed by atoms with E-state index in [9.17, 15) is 0 Å². The van der Waals surface area contributed by atoms with Crippen LogP contribution in [0.3, 0.4) is 0 Å². The van der Waals surface area contributed by atoms with E-state index in [1.54, 1.807) is 0 Å². The summed E-state index contributed by atoms with van der Waals surface area (Å²) in [7, 11) is 4.26. The van der Waals surface area contributed by atoms with Crippen molar-refractivity contribution in [1.82, 2.24) is 14.9 Å². The number of nitrogens with two attached hydrogens (primary N) is 1. The molecule has 0 amide bonds. The van der Waals surface area contributed by atoms with Gasteiger partial charge in [-0.15, -0.1) is 0 Å². The van der Waals surface area contributed by atoms with Gasteiger partial charge in [0.2, 0.25) is 0 Å². The van der Waals surface area contributed by atoms with Crippen molar-refractivity contribution in [3.05, 3.63) is 11.9 Å². The first-order valence-electron chi connectivity index (χ1n) is 6.09. The van der Waals surface area contributed by atoms with Crippen molar-refractivity contribution >= 4 is 11.6 Å². The van der Waals surface area contributed by atoms with Crippen molar-refractivity contribution in [3.8, 4) is 0 Å². The Hall–Kier alpha value is -1.36. The molecule has 0 bridgehead atoms. The molecule has 2 heterocycles. The van der Waals surface area contributed by atoms with Gasteiger partial charge in [-0.25, -0.2) is 9.97 Å². The summed E-state index contributed by atoms with van der Waals surface area (Å²) in [5.41, 5.74) is 5.76. The summed E-state index contributed by atoms with van der Waals surface area (Å²) in [5.74, 6) is 2.22. The van der Waals surface area contributed by atoms with Gasteiger partial charge in [-0.1, -0.05) is 0 Å². The van der Waals surface area contributed by atoms with Gasteiger partial charge >= 0.3 is 0 Å². The van der Waals surface area contributed by atoms with Gasteiger partial charge in [0.25, 0.3) is 0 Å². The second-order valence-electron chi connectivity index (χ2n) is 4.84. The molecule has 0 radical (unpaired) electrons. The highest BCUT2D eigenvalue weighted by molar-refractivity contribution is 5.47. The summed E-state index contributed by atoms with van der Waals surface area (Å²) >= 11 is 0. The highest BCUT2D eigenvalue weighted by atomic mass is 15.2. The maximum atomic E-state index is 5.76. The summed E-state index contributed by atoms with van der Waals surface area (Å²) in [6, 6.07) is 2.41. The Bertz CT molecular complexity index is 364. The van der Waals surface area contributed by atoms with Crippen LogP contribution in [0.4, 0.5) is 11.6 Å². The second kappa shape index (κ2) is 4.87. The molecular formula is C12H21N5. The molecule has 5 nitrogen and oxygen atoms in total. The van der Waals surface area contributed by atoms with Gasteiger partial charge in [0, 0.05) is 19.2 Å². The van der Waals surface area contributed by atoms with Crippen LogP contribution >= 0.6 is 0 Å². The zero-order chi connectivity index (χ0) is 12.4. The van der Waals surface area contributed by atoms with Gasteiger partial charge in [0.1, 0.15) is 17.5 Å². The van der Waals surface area contributed by atoms with Crippen molar-refractivity contribution in [2.24, 2.45) is 0 Å². The SMILES string of the molecule is Cc1nc(N)cc(N(C)C2CCN(C)CC2)n1. The molecule has 1 saturated heterocycles. The van der Waals surface area contributed by atoms with Crippen molar-refractivity contribution in [2.45, 2.75) is 25.8 Å². The minimum Gasteiger partial charge on any atom is -0.384 e. The largest absolute Gasteiger partial charge is 0.384 e. The quantitative estimate of drug-likeness (QED) is 0.825. The minimum absolute atomic E-state index is 0.548. The molecule has 1 aromatic rings. The van der Waals surface area contributed by atoms with Gasteiger partial charge in [0.05, 0.1) is 0 Å². The number of anilines is 2. The minimum atomic E-state index is 0.548. The molecule has 0 spiro atoms. The number of rotatable bonds is 2. The van der Waals surface area contributed by atoms with Crippen LogP contribution in [0, 0.1) is 6.92 Å². The van der Waals surface area contributed by atoms with Gasteiger partial charge in [0.15, 0.2) is 0 Å². The Morgan fingerprint density at radius 1 is 1.35 bits per heavy atom. The fourth-order valence-electron chi connectivity index (χ4n) is 2.32. The molecule has 0 aliphatic carbocycles. The molecule has 1 aromatic heterocycles. The van der Waals surface area contributed by atoms with E-state index in [1.165, 1.54) is 12.8 Å². The van der Waals surface area contributed by atoms with Crippen LogP contribution < -0.4 is 10.6 Å². The Balaban J connectivity index is 2.10. The zero-order valence-corrected chi connectivity index (χ0v) is 10.8. The van der Waals surface area contributed by atoms with Gasteiger partial charge in [-0.05, 0) is 39.9 Å². The fraction of sp³-hybridized carbons (Fsp3) is 0.667. The first kappa shape index (κ1) is 12.1. The lowest BCUT2D eigenvalue weighted by atomic mass is 10.0. The van der Waals surface area contributed by atoms with Gasteiger partial charge in [-0.2, -0.15) is 0 Å². The monoisotopic (exact) mass is 235 g/mol. The average Bonchev–Trinajstić information content (AvgIpc) is 2.28. The maximum absolute atomic E-state index is 5.76. The molecule has 2 N–H and O–H groups in total. The van der Waals surface area contributed by atoms with Gasteiger partial charge in [-0.3, -0.25) is 0 Å². The number of piperidine rings is 1. The number of nitrogen functional groups attached to an aromatic ring is 1. The number of aromatic nitrogens is 2. The van der Waals surface area contributed by atoms with Crippen molar-refractivity contribution in [2.75, 3.05) is 37.8 Å². The molecule has 1 aliphatic rings. The summed E-state index contributed by atoms with van der Waals surface area (Å²) < 4.78 is 0. The molecule has 2 rings (SSSR count). The third kappa shape index (κ3) is 2.85. The smallest absolute Gasteiger partial charge is 0.134 e. The zero-order valence-electron chi connectivity index (χ0n) is 10.8. The molecular weight excluding hydrogens is 214 g/mol. The third-order valence-electron chi connectivity index (χ3n) is 3.44. The second-order valence-corrected chi connectivity index (χ2v) is 4.84. The van der Waals surface area contributed by atoms with E-state index < -0.39 is 0 Å². The van der Waals surface area contributed by atoms with Crippen LogP contribution in [0.2, 0.25) is 0 Å².